The Balaban J connectivity index is 1.56. The Hall–Kier alpha value is -2.45. The number of nitrogens with zero attached hydrogens (tertiary/aromatic N) is 1. The van der Waals surface area contributed by atoms with Gasteiger partial charge < -0.3 is 9.84 Å². The van der Waals surface area contributed by atoms with Crippen LogP contribution in [0.4, 0.5) is 4.39 Å². The second-order valence-corrected chi connectivity index (χ2v) is 8.45. The predicted octanol–water partition coefficient (Wildman–Crippen LogP) is 2.35. The van der Waals surface area contributed by atoms with Gasteiger partial charge in [0, 0.05) is 24.7 Å². The lowest BCUT2D eigenvalue weighted by atomic mass is 10.0. The third-order valence-electron chi connectivity index (χ3n) is 4.44. The largest absolute Gasteiger partial charge is 0.508 e. The summed E-state index contributed by atoms with van der Waals surface area (Å²) in [6.07, 6.45) is 0.0366. The summed E-state index contributed by atoms with van der Waals surface area (Å²) in [7, 11) is -3.73. The second kappa shape index (κ2) is 8.06. The van der Waals surface area contributed by atoms with E-state index in [0.717, 1.165) is 11.6 Å². The number of phenols is 1. The van der Waals surface area contributed by atoms with Gasteiger partial charge in [-0.25, -0.2) is 12.8 Å². The lowest BCUT2D eigenvalue weighted by Gasteiger charge is -2.28. The van der Waals surface area contributed by atoms with Crippen molar-refractivity contribution >= 4 is 16.0 Å². The number of carbonyl (C=O) groups excluding carboxylic acids is 1. The summed E-state index contributed by atoms with van der Waals surface area (Å²) in [4.78, 5) is 11.8. The van der Waals surface area contributed by atoms with Gasteiger partial charge in [-0.15, -0.1) is 0 Å². The van der Waals surface area contributed by atoms with E-state index in [1.807, 2.05) is 30.3 Å². The van der Waals surface area contributed by atoms with Crippen LogP contribution in [-0.4, -0.2) is 36.1 Å². The van der Waals surface area contributed by atoms with Gasteiger partial charge in [0.15, 0.2) is 0 Å². The number of ether oxygens (including phenoxy) is 1. The summed E-state index contributed by atoms with van der Waals surface area (Å²) in [5.41, 5.74) is 1.68. The normalized spacial score (nSPS) is 14.6. The van der Waals surface area contributed by atoms with E-state index >= 15 is 0 Å². The van der Waals surface area contributed by atoms with E-state index < -0.39 is 27.6 Å². The number of carbonyl (C=O) groups is 1. The fourth-order valence-electron chi connectivity index (χ4n) is 2.97. The lowest BCUT2D eigenvalue weighted by molar-refractivity contribution is -0.144. The quantitative estimate of drug-likeness (QED) is 0.762. The van der Waals surface area contributed by atoms with Gasteiger partial charge in [0.1, 0.15) is 18.2 Å². The maximum Gasteiger partial charge on any atom is 0.307 e. The fourth-order valence-corrected chi connectivity index (χ4v) is 4.35. The minimum atomic E-state index is -3.73. The summed E-state index contributed by atoms with van der Waals surface area (Å²) < 4.78 is 45.3. The zero-order valence-electron chi connectivity index (χ0n) is 14.6. The van der Waals surface area contributed by atoms with Crippen LogP contribution in [-0.2, 0) is 39.1 Å². The summed E-state index contributed by atoms with van der Waals surface area (Å²) in [5.74, 6) is -1.80. The van der Waals surface area contributed by atoms with Crippen LogP contribution in [0.1, 0.15) is 23.1 Å². The van der Waals surface area contributed by atoms with E-state index in [0.29, 0.717) is 12.0 Å². The van der Waals surface area contributed by atoms with Crippen molar-refractivity contribution in [2.24, 2.45) is 0 Å². The van der Waals surface area contributed by atoms with Crippen LogP contribution < -0.4 is 0 Å². The first-order valence-electron chi connectivity index (χ1n) is 8.53. The highest BCUT2D eigenvalue weighted by Crippen LogP contribution is 2.27. The maximum atomic E-state index is 14.0. The molecule has 2 aromatic carbocycles. The summed E-state index contributed by atoms with van der Waals surface area (Å²) >= 11 is 0. The molecular weight excluding hydrogens is 373 g/mol. The molecule has 0 radical (unpaired) electrons. The highest BCUT2D eigenvalue weighted by molar-refractivity contribution is 7.89. The van der Waals surface area contributed by atoms with Crippen LogP contribution in [0.5, 0.6) is 5.75 Å². The van der Waals surface area contributed by atoms with Gasteiger partial charge in [-0.3, -0.25) is 4.79 Å². The number of hydrogen-bond donors (Lipinski definition) is 1. The van der Waals surface area contributed by atoms with Crippen molar-refractivity contribution in [1.82, 2.24) is 4.31 Å². The van der Waals surface area contributed by atoms with Crippen LogP contribution in [0.2, 0.25) is 0 Å². The minimum absolute atomic E-state index is 0.0888. The van der Waals surface area contributed by atoms with Crippen molar-refractivity contribution < 1.29 is 27.4 Å². The monoisotopic (exact) mass is 393 g/mol. The Morgan fingerprint density at radius 2 is 1.96 bits per heavy atom. The molecule has 0 saturated carbocycles. The number of benzene rings is 2. The molecule has 1 aliphatic heterocycles. The standard InChI is InChI=1S/C19H20FNO5S/c20-18-11-16(22)10-15-6-8-21(12-17(15)18)27(24,25)9-7-19(23)26-13-14-4-2-1-3-5-14/h1-5,10-11,22H,6-9,12-13H2. The molecular formula is C19H20FNO5S. The summed E-state index contributed by atoms with van der Waals surface area (Å²) in [5, 5.41) is 9.45. The van der Waals surface area contributed by atoms with Crippen LogP contribution in [0, 0.1) is 5.82 Å². The first-order valence-corrected chi connectivity index (χ1v) is 10.1. The third-order valence-corrected chi connectivity index (χ3v) is 6.26. The van der Waals surface area contributed by atoms with Crippen molar-refractivity contribution in [3.8, 4) is 5.75 Å². The molecule has 144 valence electrons. The lowest BCUT2D eigenvalue weighted by Crippen LogP contribution is -2.38. The molecule has 3 rings (SSSR count). The van der Waals surface area contributed by atoms with Crippen molar-refractivity contribution in [3.63, 3.8) is 0 Å². The smallest absolute Gasteiger partial charge is 0.307 e. The number of sulfonamides is 1. The van der Waals surface area contributed by atoms with Gasteiger partial charge in [0.2, 0.25) is 10.0 Å². The summed E-state index contributed by atoms with van der Waals surface area (Å²) in [6.45, 7) is 0.158. The first-order chi connectivity index (χ1) is 12.8. The number of aromatic hydroxyl groups is 1. The van der Waals surface area contributed by atoms with E-state index in [-0.39, 0.29) is 37.4 Å². The van der Waals surface area contributed by atoms with Gasteiger partial charge >= 0.3 is 5.97 Å². The van der Waals surface area contributed by atoms with Crippen LogP contribution >= 0.6 is 0 Å². The SMILES string of the molecule is O=C(CCS(=O)(=O)N1CCc2cc(O)cc(F)c2C1)OCc1ccccc1. The predicted molar refractivity (Wildman–Crippen MR) is 96.8 cm³/mol. The van der Waals surface area contributed by atoms with E-state index in [1.165, 1.54) is 10.4 Å². The number of hydrogen-bond acceptors (Lipinski definition) is 5. The first kappa shape index (κ1) is 19.3. The van der Waals surface area contributed by atoms with Crippen molar-refractivity contribution in [2.75, 3.05) is 12.3 Å². The number of rotatable bonds is 6. The molecule has 1 N–H and O–H groups in total. The zero-order valence-corrected chi connectivity index (χ0v) is 15.4. The van der Waals surface area contributed by atoms with E-state index in [9.17, 15) is 22.7 Å². The Morgan fingerprint density at radius 3 is 2.70 bits per heavy atom. The Labute approximate surface area is 157 Å². The number of phenolic OH excluding ortho intramolecular Hbond substituents is 1. The fraction of sp³-hybridized carbons (Fsp3) is 0.316. The molecule has 27 heavy (non-hydrogen) atoms. The molecule has 0 spiro atoms. The van der Waals surface area contributed by atoms with Crippen LogP contribution in [0.25, 0.3) is 0 Å². The zero-order chi connectivity index (χ0) is 19.4. The maximum absolute atomic E-state index is 14.0. The molecule has 0 bridgehead atoms. The average Bonchev–Trinajstić information content (AvgIpc) is 2.65. The highest BCUT2D eigenvalue weighted by atomic mass is 32.2. The second-order valence-electron chi connectivity index (χ2n) is 6.36. The number of halogens is 1. The van der Waals surface area contributed by atoms with Crippen molar-refractivity contribution in [3.05, 3.63) is 65.0 Å². The summed E-state index contributed by atoms with van der Waals surface area (Å²) in [6, 6.07) is 11.5. The minimum Gasteiger partial charge on any atom is -0.508 e. The Morgan fingerprint density at radius 1 is 1.22 bits per heavy atom. The molecule has 0 fully saturated rings. The molecule has 1 aliphatic rings. The van der Waals surface area contributed by atoms with E-state index in [2.05, 4.69) is 0 Å². The van der Waals surface area contributed by atoms with Gasteiger partial charge in [-0.05, 0) is 23.6 Å². The molecule has 0 unspecified atom stereocenters. The topological polar surface area (TPSA) is 83.9 Å². The molecule has 2 aromatic rings. The third kappa shape index (κ3) is 4.84. The molecule has 0 aliphatic carbocycles. The van der Waals surface area contributed by atoms with E-state index in [1.54, 1.807) is 0 Å². The molecule has 0 saturated heterocycles. The van der Waals surface area contributed by atoms with Gasteiger partial charge in [0.05, 0.1) is 12.2 Å². The van der Waals surface area contributed by atoms with Crippen molar-refractivity contribution in [2.45, 2.75) is 26.0 Å². The highest BCUT2D eigenvalue weighted by Gasteiger charge is 2.29. The molecule has 8 heteroatoms. The number of esters is 1. The van der Waals surface area contributed by atoms with Crippen molar-refractivity contribution in [1.29, 1.82) is 0 Å². The Bertz CT molecular complexity index is 931. The molecule has 1 heterocycles. The molecule has 0 amide bonds. The Kier molecular flexibility index (Phi) is 5.76. The van der Waals surface area contributed by atoms with Crippen LogP contribution in [0.3, 0.4) is 0 Å². The molecule has 0 aromatic heterocycles. The van der Waals surface area contributed by atoms with Crippen LogP contribution in [0.15, 0.2) is 42.5 Å². The van der Waals surface area contributed by atoms with E-state index in [4.69, 9.17) is 4.74 Å². The van der Waals surface area contributed by atoms with Gasteiger partial charge in [0.25, 0.3) is 0 Å². The number of fused-ring (bicyclic) bond motifs is 1. The molecule has 0 atom stereocenters. The van der Waals surface area contributed by atoms with Gasteiger partial charge in [-0.1, -0.05) is 30.3 Å². The van der Waals surface area contributed by atoms with Gasteiger partial charge in [-0.2, -0.15) is 4.31 Å². The molecule has 6 nitrogen and oxygen atoms in total. The average molecular weight is 393 g/mol.